The fraction of sp³-hybridized carbons (Fsp3) is 0.474. The lowest BCUT2D eigenvalue weighted by molar-refractivity contribution is -0.0199. The smallest absolute Gasteiger partial charge is 0.233 e. The van der Waals surface area contributed by atoms with Gasteiger partial charge >= 0.3 is 0 Å². The molecule has 0 bridgehead atoms. The molecule has 0 amide bonds. The van der Waals surface area contributed by atoms with Crippen molar-refractivity contribution in [1.29, 1.82) is 5.26 Å². The minimum absolute atomic E-state index is 0.0504. The van der Waals surface area contributed by atoms with E-state index in [-0.39, 0.29) is 12.3 Å². The number of nitriles is 1. The van der Waals surface area contributed by atoms with E-state index in [1.165, 1.54) is 0 Å². The van der Waals surface area contributed by atoms with Crippen molar-refractivity contribution in [2.24, 2.45) is 0 Å². The van der Waals surface area contributed by atoms with E-state index in [1.54, 1.807) is 25.6 Å². The SMILES string of the molecule is COCCOCCOCCOCCOCCOCCOCCOc1ccc(Nc2ccc3c(c2)ncn3-c2ccc(CCO)c(-c3c(C#N)n[nH]c3C)n2)nn1. The van der Waals surface area contributed by atoms with Crippen LogP contribution in [0.4, 0.5) is 11.5 Å². The van der Waals surface area contributed by atoms with E-state index in [4.69, 9.17) is 42.9 Å². The Morgan fingerprint density at radius 3 is 2.02 bits per heavy atom. The number of aryl methyl sites for hydroxylation is 1. The van der Waals surface area contributed by atoms with Crippen LogP contribution in [0.3, 0.4) is 0 Å². The lowest BCUT2D eigenvalue weighted by Gasteiger charge is -2.12. The number of nitrogens with zero attached hydrogens (tertiary/aromatic N) is 7. The number of aliphatic hydroxyl groups excluding tert-OH is 1. The molecule has 300 valence electrons. The summed E-state index contributed by atoms with van der Waals surface area (Å²) in [5.41, 5.74) is 5.33. The van der Waals surface area contributed by atoms with Crippen molar-refractivity contribution in [3.63, 3.8) is 0 Å². The zero-order valence-electron chi connectivity index (χ0n) is 31.8. The number of hydrogen-bond acceptors (Lipinski definition) is 16. The number of rotatable bonds is 28. The number of nitrogens with one attached hydrogen (secondary N) is 2. The first kappa shape index (κ1) is 42.1. The predicted octanol–water partition coefficient (Wildman–Crippen LogP) is 3.18. The normalized spacial score (nSPS) is 11.3. The molecule has 0 aliphatic heterocycles. The number of hydrogen-bond donors (Lipinski definition) is 3. The summed E-state index contributed by atoms with van der Waals surface area (Å²) in [5.74, 6) is 1.53. The molecule has 4 heterocycles. The summed E-state index contributed by atoms with van der Waals surface area (Å²) < 4.78 is 45.2. The van der Waals surface area contributed by atoms with Crippen LogP contribution in [0.15, 0.2) is 48.8 Å². The molecule has 0 radical (unpaired) electrons. The third-order valence-electron chi connectivity index (χ3n) is 8.11. The monoisotopic (exact) mass is 775 g/mol. The van der Waals surface area contributed by atoms with Crippen molar-refractivity contribution in [3.05, 3.63) is 65.7 Å². The Balaban J connectivity index is 0.953. The molecule has 0 saturated carbocycles. The van der Waals surface area contributed by atoms with Gasteiger partial charge in [0, 0.05) is 31.2 Å². The van der Waals surface area contributed by atoms with Gasteiger partial charge in [-0.3, -0.25) is 9.67 Å². The molecule has 0 saturated heterocycles. The van der Waals surface area contributed by atoms with E-state index < -0.39 is 0 Å². The van der Waals surface area contributed by atoms with E-state index in [9.17, 15) is 10.4 Å². The molecular weight excluding hydrogens is 726 g/mol. The fourth-order valence-corrected chi connectivity index (χ4v) is 5.38. The van der Waals surface area contributed by atoms with Gasteiger partial charge in [0.1, 0.15) is 24.8 Å². The van der Waals surface area contributed by atoms with Crippen LogP contribution in [0.1, 0.15) is 17.0 Å². The van der Waals surface area contributed by atoms with E-state index >= 15 is 0 Å². The maximum Gasteiger partial charge on any atom is 0.233 e. The highest BCUT2D eigenvalue weighted by Crippen LogP contribution is 2.30. The van der Waals surface area contributed by atoms with Gasteiger partial charge in [0.2, 0.25) is 5.88 Å². The number of methoxy groups -OCH3 is 1. The number of aromatic nitrogens is 7. The van der Waals surface area contributed by atoms with Crippen molar-refractivity contribution in [1.82, 2.24) is 34.9 Å². The van der Waals surface area contributed by atoms with Gasteiger partial charge in [-0.05, 0) is 49.2 Å². The number of fused-ring (bicyclic) bond motifs is 1. The van der Waals surface area contributed by atoms with Gasteiger partial charge < -0.3 is 48.3 Å². The van der Waals surface area contributed by atoms with Crippen molar-refractivity contribution in [2.75, 3.05) is 112 Å². The third kappa shape index (κ3) is 13.0. The number of aromatic amines is 1. The van der Waals surface area contributed by atoms with Gasteiger partial charge in [0.15, 0.2) is 11.5 Å². The van der Waals surface area contributed by atoms with Gasteiger partial charge in [-0.25, -0.2) is 9.97 Å². The van der Waals surface area contributed by atoms with Crippen LogP contribution in [0.2, 0.25) is 0 Å². The number of ether oxygens (including phenoxy) is 8. The maximum atomic E-state index is 9.64. The number of anilines is 2. The number of imidazole rings is 1. The Morgan fingerprint density at radius 2 is 1.43 bits per heavy atom. The zero-order chi connectivity index (χ0) is 39.2. The highest BCUT2D eigenvalue weighted by molar-refractivity contribution is 5.82. The summed E-state index contributed by atoms with van der Waals surface area (Å²) in [6, 6.07) is 15.2. The van der Waals surface area contributed by atoms with Crippen LogP contribution < -0.4 is 10.1 Å². The molecule has 5 rings (SSSR count). The van der Waals surface area contributed by atoms with Gasteiger partial charge in [-0.2, -0.15) is 10.4 Å². The molecule has 3 N–H and O–H groups in total. The van der Waals surface area contributed by atoms with Crippen LogP contribution in [0.5, 0.6) is 5.88 Å². The topological polar surface area (TPSA) is 215 Å². The Bertz CT molecular complexity index is 1930. The Labute approximate surface area is 325 Å². The quantitative estimate of drug-likeness (QED) is 0.0622. The number of H-pyrrole nitrogens is 1. The molecule has 0 aliphatic rings. The van der Waals surface area contributed by atoms with Crippen LogP contribution >= 0.6 is 0 Å². The Kier molecular flexibility index (Phi) is 17.8. The molecule has 0 fully saturated rings. The predicted molar refractivity (Wildman–Crippen MR) is 204 cm³/mol. The number of pyridine rings is 1. The summed E-state index contributed by atoms with van der Waals surface area (Å²) in [6.07, 6.45) is 2.09. The minimum atomic E-state index is -0.0504. The molecule has 0 unspecified atom stereocenters. The van der Waals surface area contributed by atoms with Crippen molar-refractivity contribution >= 4 is 22.5 Å². The van der Waals surface area contributed by atoms with Gasteiger partial charge in [0.25, 0.3) is 0 Å². The van der Waals surface area contributed by atoms with Crippen molar-refractivity contribution in [3.8, 4) is 29.0 Å². The molecule has 0 atom stereocenters. The Morgan fingerprint density at radius 1 is 0.786 bits per heavy atom. The van der Waals surface area contributed by atoms with Crippen LogP contribution in [-0.4, -0.2) is 146 Å². The summed E-state index contributed by atoms with van der Waals surface area (Å²) in [4.78, 5) is 9.49. The molecule has 5 aromatic rings. The van der Waals surface area contributed by atoms with E-state index in [0.29, 0.717) is 128 Å². The highest BCUT2D eigenvalue weighted by atomic mass is 16.6. The highest BCUT2D eigenvalue weighted by Gasteiger charge is 2.19. The summed E-state index contributed by atoms with van der Waals surface area (Å²) in [7, 11) is 1.64. The van der Waals surface area contributed by atoms with Gasteiger partial charge in [-0.15, -0.1) is 10.2 Å². The zero-order valence-corrected chi connectivity index (χ0v) is 31.8. The lowest BCUT2D eigenvalue weighted by Crippen LogP contribution is -2.15. The van der Waals surface area contributed by atoms with Gasteiger partial charge in [-0.1, -0.05) is 6.07 Å². The summed E-state index contributed by atoms with van der Waals surface area (Å²) in [6.45, 7) is 8.55. The molecule has 0 spiro atoms. The van der Waals surface area contributed by atoms with E-state index in [2.05, 4.69) is 36.8 Å². The first-order valence-corrected chi connectivity index (χ1v) is 18.3. The first-order chi connectivity index (χ1) is 27.6. The molecule has 18 nitrogen and oxygen atoms in total. The fourth-order valence-electron chi connectivity index (χ4n) is 5.38. The largest absolute Gasteiger partial charge is 0.474 e. The molecule has 4 aromatic heterocycles. The molecule has 56 heavy (non-hydrogen) atoms. The minimum Gasteiger partial charge on any atom is -0.474 e. The van der Waals surface area contributed by atoms with E-state index in [0.717, 1.165) is 28.0 Å². The second-order valence-corrected chi connectivity index (χ2v) is 12.1. The van der Waals surface area contributed by atoms with Crippen LogP contribution in [-0.2, 0) is 39.6 Å². The second kappa shape index (κ2) is 23.7. The number of benzene rings is 1. The van der Waals surface area contributed by atoms with Crippen molar-refractivity contribution in [2.45, 2.75) is 13.3 Å². The average Bonchev–Trinajstić information content (AvgIpc) is 3.82. The summed E-state index contributed by atoms with van der Waals surface area (Å²) >= 11 is 0. The maximum absolute atomic E-state index is 9.64. The van der Waals surface area contributed by atoms with E-state index in [1.807, 2.05) is 41.8 Å². The van der Waals surface area contributed by atoms with Gasteiger partial charge in [0.05, 0.1) is 108 Å². The molecule has 18 heteroatoms. The third-order valence-corrected chi connectivity index (χ3v) is 8.11. The number of aliphatic hydroxyl groups is 1. The molecule has 0 aliphatic carbocycles. The second-order valence-electron chi connectivity index (χ2n) is 12.1. The lowest BCUT2D eigenvalue weighted by atomic mass is 10.0. The summed E-state index contributed by atoms with van der Waals surface area (Å²) in [5, 5.41) is 37.9. The van der Waals surface area contributed by atoms with Crippen LogP contribution in [0, 0.1) is 18.3 Å². The van der Waals surface area contributed by atoms with Crippen molar-refractivity contribution < 1.29 is 43.0 Å². The first-order valence-electron chi connectivity index (χ1n) is 18.3. The molecular formula is C38H49N9O9. The standard InChI is InChI=1S/C38H49N9O9/c1-28-37(32(26-39)44-43-28)38-29(9-10-48)3-7-35(42-38)47-27-40-31-25-30(4-5-33(31)47)41-34-6-8-36(46-45-34)56-24-23-55-22-21-54-20-19-53-18-17-52-16-15-51-14-13-50-12-11-49-2/h3-8,25,27,48H,9-24H2,1-2H3,(H,41,45)(H,43,44). The molecule has 1 aromatic carbocycles. The average molecular weight is 776 g/mol. The Hall–Kier alpha value is -5.10. The van der Waals surface area contributed by atoms with Crippen LogP contribution in [0.25, 0.3) is 28.1 Å².